The first kappa shape index (κ1) is 21.6. The summed E-state index contributed by atoms with van der Waals surface area (Å²) in [4.78, 5) is 6.90. The van der Waals surface area contributed by atoms with E-state index in [1.54, 1.807) is 24.4 Å². The number of hydrogen-bond donors (Lipinski definition) is 1. The second-order valence-electron chi connectivity index (χ2n) is 7.33. The molecule has 0 amide bonds. The lowest BCUT2D eigenvalue weighted by Gasteiger charge is -2.25. The van der Waals surface area contributed by atoms with Crippen LogP contribution in [0.4, 0.5) is 11.4 Å². The third-order valence-electron chi connectivity index (χ3n) is 5.23. The predicted molar refractivity (Wildman–Crippen MR) is 127 cm³/mol. The summed E-state index contributed by atoms with van der Waals surface area (Å²) in [6.45, 7) is 4.68. The second-order valence-corrected chi connectivity index (χ2v) is 8.17. The highest BCUT2D eigenvalue weighted by molar-refractivity contribution is 6.36. The van der Waals surface area contributed by atoms with Gasteiger partial charge < -0.3 is 10.1 Å². The molecule has 0 bridgehead atoms. The number of morpholine rings is 1. The molecule has 0 saturated carbocycles. The van der Waals surface area contributed by atoms with Gasteiger partial charge in [-0.05, 0) is 36.2 Å². The van der Waals surface area contributed by atoms with Gasteiger partial charge in [0.15, 0.2) is 0 Å². The van der Waals surface area contributed by atoms with E-state index in [1.165, 1.54) is 0 Å². The third kappa shape index (κ3) is 5.36. The molecule has 4 rings (SSSR count). The highest BCUT2D eigenvalue weighted by atomic mass is 35.5. The van der Waals surface area contributed by atoms with Crippen LogP contribution in [0.1, 0.15) is 17.5 Å². The van der Waals surface area contributed by atoms with E-state index in [-0.39, 0.29) is 0 Å². The molecular formula is C24H22Cl2N4O. The molecule has 0 aliphatic carbocycles. The maximum Gasteiger partial charge on any atom is 0.103 e. The molecule has 1 aliphatic heterocycles. The van der Waals surface area contributed by atoms with Crippen molar-refractivity contribution in [1.82, 2.24) is 9.88 Å². The first-order chi connectivity index (χ1) is 15.1. The number of hydrogen-bond acceptors (Lipinski definition) is 5. The van der Waals surface area contributed by atoms with Crippen LogP contribution >= 0.6 is 23.2 Å². The van der Waals surface area contributed by atoms with Crippen LogP contribution in [0, 0.1) is 11.3 Å². The van der Waals surface area contributed by atoms with Crippen LogP contribution in [-0.2, 0) is 4.74 Å². The van der Waals surface area contributed by atoms with Crippen molar-refractivity contribution in [2.45, 2.75) is 6.42 Å². The van der Waals surface area contributed by atoms with E-state index in [4.69, 9.17) is 27.9 Å². The zero-order valence-electron chi connectivity index (χ0n) is 16.9. The smallest absolute Gasteiger partial charge is 0.103 e. The monoisotopic (exact) mass is 452 g/mol. The van der Waals surface area contributed by atoms with Crippen molar-refractivity contribution in [3.05, 3.63) is 69.8 Å². The largest absolute Gasteiger partial charge is 0.379 e. The van der Waals surface area contributed by atoms with Gasteiger partial charge in [-0.1, -0.05) is 47.5 Å². The van der Waals surface area contributed by atoms with Crippen LogP contribution in [0.15, 0.2) is 48.7 Å². The molecule has 158 valence electrons. The molecule has 1 N–H and O–H groups in total. The van der Waals surface area contributed by atoms with Gasteiger partial charge in [-0.25, -0.2) is 0 Å². The maximum atomic E-state index is 9.57. The minimum Gasteiger partial charge on any atom is -0.379 e. The van der Waals surface area contributed by atoms with E-state index < -0.39 is 0 Å². The highest BCUT2D eigenvalue weighted by Gasteiger charge is 2.12. The SMILES string of the molecule is N#Cc1cnc2cc(/C=C/CCN3CCOCC3)ccc2c1Nc1ccc(Cl)cc1Cl. The number of fused-ring (bicyclic) bond motifs is 1. The zero-order valence-corrected chi connectivity index (χ0v) is 18.5. The van der Waals surface area contributed by atoms with Crippen LogP contribution in [0.5, 0.6) is 0 Å². The van der Waals surface area contributed by atoms with Crippen molar-refractivity contribution in [2.75, 3.05) is 38.2 Å². The minimum absolute atomic E-state index is 0.451. The fourth-order valence-electron chi connectivity index (χ4n) is 3.56. The summed E-state index contributed by atoms with van der Waals surface area (Å²) in [7, 11) is 0. The molecule has 0 radical (unpaired) electrons. The second kappa shape index (κ2) is 10.1. The zero-order chi connectivity index (χ0) is 21.6. The standard InChI is InChI=1S/C24H22Cl2N4O/c25-19-5-7-22(21(26)14-19)29-24-18(15-27)16-28-23-13-17(4-6-20(23)24)3-1-2-8-30-9-11-31-12-10-30/h1,3-7,13-14,16H,2,8-12H2,(H,28,29)/b3-1+. The Labute approximate surface area is 191 Å². The Morgan fingerprint density at radius 3 is 2.77 bits per heavy atom. The van der Waals surface area contributed by atoms with Gasteiger partial charge in [-0.3, -0.25) is 9.88 Å². The van der Waals surface area contributed by atoms with Gasteiger partial charge in [-0.2, -0.15) is 5.26 Å². The summed E-state index contributed by atoms with van der Waals surface area (Å²) >= 11 is 12.3. The molecule has 5 nitrogen and oxygen atoms in total. The quantitative estimate of drug-likeness (QED) is 0.504. The number of nitriles is 1. The van der Waals surface area contributed by atoms with E-state index in [0.717, 1.165) is 55.7 Å². The van der Waals surface area contributed by atoms with E-state index in [9.17, 15) is 5.26 Å². The van der Waals surface area contributed by atoms with Gasteiger partial charge in [0.2, 0.25) is 0 Å². The molecule has 1 saturated heterocycles. The first-order valence-corrected chi connectivity index (χ1v) is 10.9. The number of aromatic nitrogens is 1. The molecule has 0 spiro atoms. The Bertz CT molecular complexity index is 1150. The fourth-order valence-corrected chi connectivity index (χ4v) is 4.02. The lowest BCUT2D eigenvalue weighted by Crippen LogP contribution is -2.36. The van der Waals surface area contributed by atoms with Gasteiger partial charge in [-0.15, -0.1) is 0 Å². The number of ether oxygens (including phenoxy) is 1. The van der Waals surface area contributed by atoms with Gasteiger partial charge in [0.05, 0.1) is 40.7 Å². The topological polar surface area (TPSA) is 61.2 Å². The Hall–Kier alpha value is -2.62. The van der Waals surface area contributed by atoms with E-state index >= 15 is 0 Å². The highest BCUT2D eigenvalue weighted by Crippen LogP contribution is 2.33. The average Bonchev–Trinajstić information content (AvgIpc) is 2.79. The summed E-state index contributed by atoms with van der Waals surface area (Å²) < 4.78 is 5.39. The first-order valence-electron chi connectivity index (χ1n) is 10.2. The molecule has 1 fully saturated rings. The molecular weight excluding hydrogens is 431 g/mol. The number of anilines is 2. The van der Waals surface area contributed by atoms with Crippen LogP contribution in [0.25, 0.3) is 17.0 Å². The minimum atomic E-state index is 0.451. The normalized spacial score (nSPS) is 14.7. The Kier molecular flexibility index (Phi) is 7.06. The molecule has 2 heterocycles. The number of nitrogens with zero attached hydrogens (tertiary/aromatic N) is 3. The van der Waals surface area contributed by atoms with Gasteiger partial charge in [0.1, 0.15) is 6.07 Å². The molecule has 0 unspecified atom stereocenters. The number of pyridine rings is 1. The number of halogens is 2. The lowest BCUT2D eigenvalue weighted by molar-refractivity contribution is 0.0387. The van der Waals surface area contributed by atoms with Crippen molar-refractivity contribution < 1.29 is 4.74 Å². The molecule has 1 aliphatic rings. The van der Waals surface area contributed by atoms with Gasteiger partial charge >= 0.3 is 0 Å². The fraction of sp³-hybridized carbons (Fsp3) is 0.250. The summed E-state index contributed by atoms with van der Waals surface area (Å²) in [6, 6.07) is 13.5. The van der Waals surface area contributed by atoms with E-state index in [2.05, 4.69) is 33.4 Å². The van der Waals surface area contributed by atoms with Crippen molar-refractivity contribution in [2.24, 2.45) is 0 Å². The molecule has 31 heavy (non-hydrogen) atoms. The van der Waals surface area contributed by atoms with E-state index in [1.807, 2.05) is 18.2 Å². The predicted octanol–water partition coefficient (Wildman–Crippen LogP) is 5.89. The summed E-state index contributed by atoms with van der Waals surface area (Å²) in [6.07, 6.45) is 6.87. The number of benzene rings is 2. The van der Waals surface area contributed by atoms with Crippen LogP contribution < -0.4 is 5.32 Å². The molecule has 3 aromatic rings. The Morgan fingerprint density at radius 1 is 1.16 bits per heavy atom. The molecule has 0 atom stereocenters. The number of rotatable bonds is 6. The third-order valence-corrected chi connectivity index (χ3v) is 5.78. The molecule has 2 aromatic carbocycles. The van der Waals surface area contributed by atoms with Crippen molar-refractivity contribution >= 4 is 51.6 Å². The lowest BCUT2D eigenvalue weighted by atomic mass is 10.1. The van der Waals surface area contributed by atoms with Crippen molar-refractivity contribution in [3.63, 3.8) is 0 Å². The molecule has 7 heteroatoms. The Balaban J connectivity index is 1.54. The molecule has 1 aromatic heterocycles. The van der Waals surface area contributed by atoms with Crippen LogP contribution in [0.3, 0.4) is 0 Å². The maximum absolute atomic E-state index is 9.57. The van der Waals surface area contributed by atoms with Gasteiger partial charge in [0.25, 0.3) is 0 Å². The van der Waals surface area contributed by atoms with Crippen molar-refractivity contribution in [3.8, 4) is 6.07 Å². The number of nitrogens with one attached hydrogen (secondary N) is 1. The summed E-state index contributed by atoms with van der Waals surface area (Å²) in [5.41, 5.74) is 3.69. The average molecular weight is 453 g/mol. The van der Waals surface area contributed by atoms with Crippen LogP contribution in [-0.4, -0.2) is 42.7 Å². The van der Waals surface area contributed by atoms with E-state index in [0.29, 0.717) is 27.0 Å². The Morgan fingerprint density at radius 2 is 2.00 bits per heavy atom. The summed E-state index contributed by atoms with van der Waals surface area (Å²) in [5, 5.41) is 14.8. The summed E-state index contributed by atoms with van der Waals surface area (Å²) in [5.74, 6) is 0. The van der Waals surface area contributed by atoms with Crippen LogP contribution in [0.2, 0.25) is 10.0 Å². The van der Waals surface area contributed by atoms with Gasteiger partial charge in [0, 0.05) is 36.2 Å². The van der Waals surface area contributed by atoms with Crippen molar-refractivity contribution in [1.29, 1.82) is 5.26 Å².